The van der Waals surface area contributed by atoms with Crippen molar-refractivity contribution in [1.82, 2.24) is 20.3 Å². The molecule has 142 valence electrons. The molecule has 2 aliphatic carbocycles. The maximum absolute atomic E-state index is 11.9. The molecule has 2 N–H and O–H groups in total. The minimum atomic E-state index is -0.354. The Hall–Kier alpha value is -3.47. The molecule has 2 aromatic rings. The van der Waals surface area contributed by atoms with Gasteiger partial charge in [0.2, 0.25) is 5.95 Å². The minimum absolute atomic E-state index is 0.0807. The number of hydrogen-bond acceptors (Lipinski definition) is 7. The average Bonchev–Trinajstić information content (AvgIpc) is 3.23. The van der Waals surface area contributed by atoms with Gasteiger partial charge in [0.05, 0.1) is 5.56 Å². The molecule has 1 amide bonds. The Kier molecular flexibility index (Phi) is 4.65. The quantitative estimate of drug-likeness (QED) is 0.823. The molecular weight excluding hydrogens is 356 g/mol. The molecule has 1 atom stereocenters. The van der Waals surface area contributed by atoms with Gasteiger partial charge in [-0.15, -0.1) is 0 Å². The van der Waals surface area contributed by atoms with Crippen molar-refractivity contribution in [3.8, 4) is 6.07 Å². The largest absolute Gasteiger partial charge is 0.442 e. The Bertz CT molecular complexity index is 942. The fourth-order valence-corrected chi connectivity index (χ4v) is 2.96. The summed E-state index contributed by atoms with van der Waals surface area (Å²) >= 11 is 0. The van der Waals surface area contributed by atoms with Crippen LogP contribution in [-0.2, 0) is 4.74 Å². The van der Waals surface area contributed by atoms with E-state index in [-0.39, 0.29) is 17.7 Å². The van der Waals surface area contributed by atoms with E-state index in [4.69, 9.17) is 10.00 Å². The van der Waals surface area contributed by atoms with E-state index in [0.717, 1.165) is 36.8 Å². The Labute approximate surface area is 162 Å². The molecule has 0 saturated heterocycles. The zero-order valence-corrected chi connectivity index (χ0v) is 15.5. The number of pyridine rings is 1. The number of hydrogen-bond donors (Lipinski definition) is 2. The van der Waals surface area contributed by atoms with Crippen LogP contribution >= 0.6 is 0 Å². The molecular formula is C20H20N6O2. The number of aromatic nitrogens is 3. The lowest BCUT2D eigenvalue weighted by molar-refractivity contribution is 0.115. The van der Waals surface area contributed by atoms with Crippen molar-refractivity contribution in [3.05, 3.63) is 47.9 Å². The van der Waals surface area contributed by atoms with Crippen molar-refractivity contribution in [2.45, 2.75) is 44.2 Å². The van der Waals surface area contributed by atoms with Crippen molar-refractivity contribution >= 4 is 23.4 Å². The molecule has 28 heavy (non-hydrogen) atoms. The van der Waals surface area contributed by atoms with Gasteiger partial charge >= 0.3 is 6.09 Å². The summed E-state index contributed by atoms with van der Waals surface area (Å²) in [4.78, 5) is 24.7. The number of nitriles is 1. The number of alkyl carbamates (subject to hydrolysis) is 1. The van der Waals surface area contributed by atoms with Crippen molar-refractivity contribution in [2.24, 2.45) is 0 Å². The first kappa shape index (κ1) is 17.9. The predicted molar refractivity (Wildman–Crippen MR) is 103 cm³/mol. The summed E-state index contributed by atoms with van der Waals surface area (Å²) in [5, 5.41) is 14.7. The Morgan fingerprint density at radius 1 is 1.25 bits per heavy atom. The summed E-state index contributed by atoms with van der Waals surface area (Å²) in [5.41, 5.74) is 2.38. The van der Waals surface area contributed by atoms with Crippen LogP contribution in [0.3, 0.4) is 0 Å². The monoisotopic (exact) mass is 376 g/mol. The molecule has 0 spiro atoms. The highest BCUT2D eigenvalue weighted by molar-refractivity contribution is 5.71. The van der Waals surface area contributed by atoms with E-state index in [1.54, 1.807) is 24.5 Å². The summed E-state index contributed by atoms with van der Waals surface area (Å²) < 4.78 is 5.49. The number of ether oxygens (including phenoxy) is 1. The molecule has 0 aromatic carbocycles. The second-order valence-corrected chi connectivity index (χ2v) is 7.32. The van der Waals surface area contributed by atoms with E-state index >= 15 is 0 Å². The number of amides is 1. The maximum Gasteiger partial charge on any atom is 0.408 e. The van der Waals surface area contributed by atoms with E-state index in [0.29, 0.717) is 17.3 Å². The number of rotatable bonds is 5. The highest BCUT2D eigenvalue weighted by Gasteiger charge is 2.39. The predicted octanol–water partition coefficient (Wildman–Crippen LogP) is 3.31. The van der Waals surface area contributed by atoms with E-state index in [2.05, 4.69) is 25.6 Å². The second-order valence-electron chi connectivity index (χ2n) is 7.32. The van der Waals surface area contributed by atoms with E-state index in [1.165, 1.54) is 6.20 Å². The SMILES string of the molecule is CC1(NC(=O)O[C@@H]2C=C(c3cnc(Nc4ccc(C#N)cn4)nc3)CC2)CC1. The molecule has 0 bridgehead atoms. The zero-order valence-electron chi connectivity index (χ0n) is 15.5. The average molecular weight is 376 g/mol. The van der Waals surface area contributed by atoms with E-state index < -0.39 is 0 Å². The van der Waals surface area contributed by atoms with Crippen LogP contribution in [0.15, 0.2) is 36.8 Å². The van der Waals surface area contributed by atoms with Gasteiger partial charge in [-0.1, -0.05) is 0 Å². The molecule has 1 fully saturated rings. The Balaban J connectivity index is 1.35. The van der Waals surface area contributed by atoms with Crippen LogP contribution in [0.2, 0.25) is 0 Å². The third-order valence-corrected chi connectivity index (χ3v) is 4.90. The summed E-state index contributed by atoms with van der Waals surface area (Å²) in [6, 6.07) is 5.40. The normalized spacial score (nSPS) is 19.3. The van der Waals surface area contributed by atoms with Crippen LogP contribution in [0.5, 0.6) is 0 Å². The first-order valence-electron chi connectivity index (χ1n) is 9.18. The molecule has 0 radical (unpaired) electrons. The Morgan fingerprint density at radius 2 is 2.04 bits per heavy atom. The van der Waals surface area contributed by atoms with Gasteiger partial charge < -0.3 is 15.4 Å². The molecule has 0 aliphatic heterocycles. The van der Waals surface area contributed by atoms with Crippen LogP contribution in [-0.4, -0.2) is 32.7 Å². The summed E-state index contributed by atoms with van der Waals surface area (Å²) in [6.07, 6.45) is 9.91. The van der Waals surface area contributed by atoms with Gasteiger partial charge in [0.1, 0.15) is 18.0 Å². The van der Waals surface area contributed by atoms with Gasteiger partial charge in [-0.25, -0.2) is 19.7 Å². The van der Waals surface area contributed by atoms with E-state index in [9.17, 15) is 4.79 Å². The second kappa shape index (κ2) is 7.27. The lowest BCUT2D eigenvalue weighted by atomic mass is 10.1. The number of nitrogens with zero attached hydrogens (tertiary/aromatic N) is 4. The minimum Gasteiger partial charge on any atom is -0.442 e. The first-order valence-corrected chi connectivity index (χ1v) is 9.18. The van der Waals surface area contributed by atoms with Crippen molar-refractivity contribution < 1.29 is 9.53 Å². The highest BCUT2D eigenvalue weighted by Crippen LogP contribution is 2.35. The molecule has 8 nitrogen and oxygen atoms in total. The van der Waals surface area contributed by atoms with Gasteiger partial charge in [0.15, 0.2) is 0 Å². The van der Waals surface area contributed by atoms with E-state index in [1.807, 2.05) is 19.1 Å². The molecule has 2 aromatic heterocycles. The van der Waals surface area contributed by atoms with Crippen molar-refractivity contribution in [2.75, 3.05) is 5.32 Å². The molecule has 4 rings (SSSR count). The third-order valence-electron chi connectivity index (χ3n) is 4.90. The molecule has 8 heteroatoms. The Morgan fingerprint density at radius 3 is 2.68 bits per heavy atom. The molecule has 2 heterocycles. The molecule has 0 unspecified atom stereocenters. The van der Waals surface area contributed by atoms with Crippen LogP contribution in [0.1, 0.15) is 43.7 Å². The number of carbonyl (C=O) groups is 1. The zero-order chi connectivity index (χ0) is 19.6. The van der Waals surface area contributed by atoms with Crippen molar-refractivity contribution in [1.29, 1.82) is 5.26 Å². The molecule has 2 aliphatic rings. The van der Waals surface area contributed by atoms with Crippen LogP contribution in [0.25, 0.3) is 5.57 Å². The smallest absolute Gasteiger partial charge is 0.408 e. The van der Waals surface area contributed by atoms with Gasteiger partial charge in [-0.2, -0.15) is 5.26 Å². The lowest BCUT2D eigenvalue weighted by Gasteiger charge is -2.14. The first-order chi connectivity index (χ1) is 13.5. The van der Waals surface area contributed by atoms with Crippen molar-refractivity contribution in [3.63, 3.8) is 0 Å². The number of allylic oxidation sites excluding steroid dienone is 1. The summed E-state index contributed by atoms with van der Waals surface area (Å²) in [7, 11) is 0. The number of nitrogens with one attached hydrogen (secondary N) is 2. The maximum atomic E-state index is 11.9. The third kappa shape index (κ3) is 4.26. The summed E-state index contributed by atoms with van der Waals surface area (Å²) in [5.74, 6) is 0.986. The lowest BCUT2D eigenvalue weighted by Crippen LogP contribution is -2.36. The number of carbonyl (C=O) groups excluding carboxylic acids is 1. The fourth-order valence-electron chi connectivity index (χ4n) is 2.96. The fraction of sp³-hybridized carbons (Fsp3) is 0.350. The van der Waals surface area contributed by atoms with Crippen LogP contribution in [0.4, 0.5) is 16.6 Å². The number of anilines is 2. The van der Waals surface area contributed by atoms with Crippen LogP contribution < -0.4 is 10.6 Å². The molecule has 1 saturated carbocycles. The standard InChI is InChI=1S/C20H20N6O2/c1-20(6-7-20)26-19(27)28-16-4-3-14(8-16)15-11-23-18(24-12-15)25-17-5-2-13(9-21)10-22-17/h2,5,8,10-12,16H,3-4,6-7H2,1H3,(H,26,27)(H,22,23,24,25)/t16-/m0/s1. The van der Waals surface area contributed by atoms with Gasteiger partial charge in [-0.3, -0.25) is 0 Å². The van der Waals surface area contributed by atoms with Gasteiger partial charge in [-0.05, 0) is 56.4 Å². The summed E-state index contributed by atoms with van der Waals surface area (Å²) in [6.45, 7) is 2.02. The highest BCUT2D eigenvalue weighted by atomic mass is 16.6. The van der Waals surface area contributed by atoms with Gasteiger partial charge in [0.25, 0.3) is 0 Å². The topological polar surface area (TPSA) is 113 Å². The van der Waals surface area contributed by atoms with Gasteiger partial charge in [0, 0.05) is 29.7 Å². The van der Waals surface area contributed by atoms with Crippen LogP contribution in [0, 0.1) is 11.3 Å².